The van der Waals surface area contributed by atoms with E-state index in [0.717, 1.165) is 18.7 Å². The van der Waals surface area contributed by atoms with Crippen LogP contribution in [0.1, 0.15) is 70.3 Å². The Morgan fingerprint density at radius 2 is 1.80 bits per heavy atom. The standard InChI is InChI=1S/C15H26N4O/c1-9-6-10(2)8-11(7-9)16-13(20)12-17-14(19-18-12)15(3,4)5/h9-11H,6-8H2,1-5H3,(H,16,20)(H,17,18,19). The zero-order valence-corrected chi connectivity index (χ0v) is 13.2. The molecular formula is C15H26N4O. The first kappa shape index (κ1) is 15.0. The maximum Gasteiger partial charge on any atom is 0.291 e. The third-order valence-corrected chi connectivity index (χ3v) is 3.91. The van der Waals surface area contributed by atoms with Gasteiger partial charge in [-0.2, -0.15) is 0 Å². The number of aromatic nitrogens is 3. The van der Waals surface area contributed by atoms with Crippen LogP contribution in [0.5, 0.6) is 0 Å². The molecular weight excluding hydrogens is 252 g/mol. The lowest BCUT2D eigenvalue weighted by atomic mass is 9.80. The fourth-order valence-corrected chi connectivity index (χ4v) is 3.01. The minimum absolute atomic E-state index is 0.126. The molecule has 2 rings (SSSR count). The van der Waals surface area contributed by atoms with Crippen LogP contribution in [0.3, 0.4) is 0 Å². The smallest absolute Gasteiger partial charge is 0.291 e. The summed E-state index contributed by atoms with van der Waals surface area (Å²) in [6, 6.07) is 0.248. The average Bonchev–Trinajstić information content (AvgIpc) is 2.75. The predicted molar refractivity (Wildman–Crippen MR) is 78.5 cm³/mol. The van der Waals surface area contributed by atoms with Crippen LogP contribution in [0.2, 0.25) is 0 Å². The maximum absolute atomic E-state index is 12.2. The molecule has 1 aliphatic rings. The summed E-state index contributed by atoms with van der Waals surface area (Å²) < 4.78 is 0. The second-order valence-corrected chi connectivity index (χ2v) is 7.35. The number of hydrogen-bond donors (Lipinski definition) is 2. The molecule has 1 aliphatic carbocycles. The number of carbonyl (C=O) groups is 1. The number of nitrogens with one attached hydrogen (secondary N) is 2. The Balaban J connectivity index is 2.00. The van der Waals surface area contributed by atoms with Crippen molar-refractivity contribution in [2.24, 2.45) is 11.8 Å². The summed E-state index contributed by atoms with van der Waals surface area (Å²) in [5, 5.41) is 9.97. The Morgan fingerprint density at radius 1 is 1.20 bits per heavy atom. The van der Waals surface area contributed by atoms with Crippen molar-refractivity contribution in [3.8, 4) is 0 Å². The molecule has 0 saturated heterocycles. The van der Waals surface area contributed by atoms with Gasteiger partial charge < -0.3 is 5.32 Å². The lowest BCUT2D eigenvalue weighted by molar-refractivity contribution is 0.0901. The third-order valence-electron chi connectivity index (χ3n) is 3.91. The monoisotopic (exact) mass is 278 g/mol. The fraction of sp³-hybridized carbons (Fsp3) is 0.800. The number of H-pyrrole nitrogens is 1. The molecule has 1 fully saturated rings. The number of amides is 1. The summed E-state index contributed by atoms with van der Waals surface area (Å²) in [4.78, 5) is 16.5. The molecule has 2 unspecified atom stereocenters. The van der Waals surface area contributed by atoms with Gasteiger partial charge in [-0.1, -0.05) is 34.6 Å². The van der Waals surface area contributed by atoms with Gasteiger partial charge in [0, 0.05) is 11.5 Å². The first-order valence-corrected chi connectivity index (χ1v) is 7.49. The molecule has 20 heavy (non-hydrogen) atoms. The van der Waals surface area contributed by atoms with Crippen molar-refractivity contribution >= 4 is 5.91 Å². The van der Waals surface area contributed by atoms with Crippen molar-refractivity contribution in [3.63, 3.8) is 0 Å². The van der Waals surface area contributed by atoms with Crippen molar-refractivity contribution in [1.82, 2.24) is 20.5 Å². The highest BCUT2D eigenvalue weighted by Gasteiger charge is 2.27. The molecule has 0 spiro atoms. The highest BCUT2D eigenvalue weighted by atomic mass is 16.2. The average molecular weight is 278 g/mol. The van der Waals surface area contributed by atoms with Crippen molar-refractivity contribution in [2.75, 3.05) is 0 Å². The first-order chi connectivity index (χ1) is 9.25. The summed E-state index contributed by atoms with van der Waals surface area (Å²) in [7, 11) is 0. The van der Waals surface area contributed by atoms with Crippen LogP contribution in [0.15, 0.2) is 0 Å². The molecule has 2 N–H and O–H groups in total. The summed E-state index contributed by atoms with van der Waals surface area (Å²) in [5.41, 5.74) is -0.126. The molecule has 112 valence electrons. The molecule has 1 aromatic heterocycles. The molecule has 0 aromatic carbocycles. The molecule has 0 aliphatic heterocycles. The third kappa shape index (κ3) is 3.58. The van der Waals surface area contributed by atoms with E-state index in [-0.39, 0.29) is 23.2 Å². The van der Waals surface area contributed by atoms with E-state index in [1.54, 1.807) is 0 Å². The number of aromatic amines is 1. The first-order valence-electron chi connectivity index (χ1n) is 7.49. The Bertz CT molecular complexity index is 464. The fourth-order valence-electron chi connectivity index (χ4n) is 3.01. The van der Waals surface area contributed by atoms with E-state index >= 15 is 0 Å². The molecule has 0 radical (unpaired) electrons. The molecule has 0 bridgehead atoms. The van der Waals surface area contributed by atoms with Gasteiger partial charge in [0.1, 0.15) is 5.82 Å². The Labute approximate surface area is 120 Å². The normalized spacial score (nSPS) is 27.4. The van der Waals surface area contributed by atoms with Crippen LogP contribution in [0.4, 0.5) is 0 Å². The van der Waals surface area contributed by atoms with Crippen molar-refractivity contribution in [3.05, 3.63) is 11.6 Å². The van der Waals surface area contributed by atoms with Gasteiger partial charge in [0.05, 0.1) is 0 Å². The van der Waals surface area contributed by atoms with Gasteiger partial charge in [0.15, 0.2) is 0 Å². The van der Waals surface area contributed by atoms with Gasteiger partial charge in [-0.05, 0) is 31.1 Å². The van der Waals surface area contributed by atoms with Crippen molar-refractivity contribution in [1.29, 1.82) is 0 Å². The van der Waals surface area contributed by atoms with Gasteiger partial charge in [0.2, 0.25) is 5.82 Å². The van der Waals surface area contributed by atoms with Crippen LogP contribution >= 0.6 is 0 Å². The van der Waals surface area contributed by atoms with E-state index in [1.165, 1.54) is 6.42 Å². The highest BCUT2D eigenvalue weighted by molar-refractivity contribution is 5.90. The van der Waals surface area contributed by atoms with Gasteiger partial charge >= 0.3 is 0 Å². The molecule has 1 aromatic rings. The Hall–Kier alpha value is -1.39. The molecule has 1 saturated carbocycles. The maximum atomic E-state index is 12.2. The molecule has 1 amide bonds. The van der Waals surface area contributed by atoms with Gasteiger partial charge in [-0.15, -0.1) is 5.10 Å². The molecule has 5 heteroatoms. The lowest BCUT2D eigenvalue weighted by Gasteiger charge is -2.31. The highest BCUT2D eigenvalue weighted by Crippen LogP contribution is 2.28. The Morgan fingerprint density at radius 3 is 2.30 bits per heavy atom. The van der Waals surface area contributed by atoms with Crippen LogP contribution < -0.4 is 5.32 Å². The van der Waals surface area contributed by atoms with Crippen molar-refractivity contribution in [2.45, 2.75) is 65.3 Å². The second kappa shape index (κ2) is 5.54. The van der Waals surface area contributed by atoms with E-state index in [1.807, 2.05) is 20.8 Å². The zero-order valence-electron chi connectivity index (χ0n) is 13.2. The summed E-state index contributed by atoms with van der Waals surface area (Å²) in [6.07, 6.45) is 3.35. The van der Waals surface area contributed by atoms with E-state index in [9.17, 15) is 4.79 Å². The quantitative estimate of drug-likeness (QED) is 0.873. The van der Waals surface area contributed by atoms with Crippen molar-refractivity contribution < 1.29 is 4.79 Å². The number of nitrogens with zero attached hydrogens (tertiary/aromatic N) is 2. The van der Waals surface area contributed by atoms with Gasteiger partial charge in [-0.3, -0.25) is 9.89 Å². The Kier molecular flexibility index (Phi) is 4.16. The van der Waals surface area contributed by atoms with E-state index < -0.39 is 0 Å². The van der Waals surface area contributed by atoms with Crippen LogP contribution in [0, 0.1) is 11.8 Å². The SMILES string of the molecule is CC1CC(C)CC(NC(=O)c2n[nH]c(C(C)(C)C)n2)C1. The second-order valence-electron chi connectivity index (χ2n) is 7.35. The lowest BCUT2D eigenvalue weighted by Crippen LogP contribution is -2.40. The van der Waals surface area contributed by atoms with Crippen LogP contribution in [-0.4, -0.2) is 27.1 Å². The van der Waals surface area contributed by atoms with E-state index in [0.29, 0.717) is 11.8 Å². The number of hydrogen-bond acceptors (Lipinski definition) is 3. The molecule has 1 heterocycles. The zero-order chi connectivity index (χ0) is 14.9. The van der Waals surface area contributed by atoms with Crippen LogP contribution in [-0.2, 0) is 5.41 Å². The summed E-state index contributed by atoms with van der Waals surface area (Å²) >= 11 is 0. The predicted octanol–water partition coefficient (Wildman–Crippen LogP) is 2.66. The minimum atomic E-state index is -0.164. The minimum Gasteiger partial charge on any atom is -0.347 e. The summed E-state index contributed by atoms with van der Waals surface area (Å²) in [6.45, 7) is 10.6. The molecule has 5 nitrogen and oxygen atoms in total. The topological polar surface area (TPSA) is 70.7 Å². The number of carbonyl (C=O) groups excluding carboxylic acids is 1. The van der Waals surface area contributed by atoms with E-state index in [2.05, 4.69) is 34.3 Å². The largest absolute Gasteiger partial charge is 0.347 e. The van der Waals surface area contributed by atoms with Crippen LogP contribution in [0.25, 0.3) is 0 Å². The number of rotatable bonds is 2. The van der Waals surface area contributed by atoms with Gasteiger partial charge in [0.25, 0.3) is 5.91 Å². The molecule has 2 atom stereocenters. The summed E-state index contributed by atoms with van der Waals surface area (Å²) in [5.74, 6) is 2.17. The van der Waals surface area contributed by atoms with Gasteiger partial charge in [-0.25, -0.2) is 4.98 Å². The van der Waals surface area contributed by atoms with E-state index in [4.69, 9.17) is 0 Å².